The Morgan fingerprint density at radius 3 is 2.91 bits per heavy atom. The first-order valence-corrected chi connectivity index (χ1v) is 7.53. The normalized spacial score (nSPS) is 13.4. The Labute approximate surface area is 127 Å². The number of pyridine rings is 1. The van der Waals surface area contributed by atoms with Gasteiger partial charge in [0.1, 0.15) is 5.56 Å². The molecule has 0 aliphatic carbocycles. The van der Waals surface area contributed by atoms with Gasteiger partial charge in [0.25, 0.3) is 0 Å². The molecule has 1 aromatic heterocycles. The molecule has 116 valence electrons. The van der Waals surface area contributed by atoms with Gasteiger partial charge in [-0.2, -0.15) is 4.39 Å². The number of carbonyl (C=O) groups excluding carboxylic acids is 1. The predicted molar refractivity (Wildman–Crippen MR) is 76.5 cm³/mol. The van der Waals surface area contributed by atoms with E-state index < -0.39 is 28.8 Å². The molecule has 0 spiro atoms. The third kappa shape index (κ3) is 1.98. The van der Waals surface area contributed by atoms with Gasteiger partial charge in [-0.1, -0.05) is 0 Å². The van der Waals surface area contributed by atoms with E-state index in [0.29, 0.717) is 23.4 Å². The van der Waals surface area contributed by atoms with Crippen LogP contribution in [-0.2, 0) is 11.3 Å². The Morgan fingerprint density at radius 1 is 1.50 bits per heavy atom. The summed E-state index contributed by atoms with van der Waals surface area (Å²) in [6, 6.07) is 0.700. The molecule has 2 aromatic rings. The minimum Gasteiger partial charge on any atom is -0.503 e. The van der Waals surface area contributed by atoms with Crippen molar-refractivity contribution in [3.63, 3.8) is 0 Å². The fourth-order valence-corrected chi connectivity index (χ4v) is 3.62. The molecule has 0 radical (unpaired) electrons. The van der Waals surface area contributed by atoms with Crippen LogP contribution in [0.2, 0.25) is 0 Å². The number of thioether (sulfide) groups is 1. The van der Waals surface area contributed by atoms with Crippen LogP contribution in [0.5, 0.6) is 5.75 Å². The fourth-order valence-electron chi connectivity index (χ4n) is 2.50. The summed E-state index contributed by atoms with van der Waals surface area (Å²) in [5.41, 5.74) is -1.08. The van der Waals surface area contributed by atoms with Gasteiger partial charge in [0.05, 0.1) is 22.5 Å². The first kappa shape index (κ1) is 14.8. The highest BCUT2D eigenvalue weighted by Gasteiger charge is 2.29. The summed E-state index contributed by atoms with van der Waals surface area (Å²) < 4.78 is 33.4. The molecule has 22 heavy (non-hydrogen) atoms. The van der Waals surface area contributed by atoms with E-state index in [4.69, 9.17) is 4.74 Å². The van der Waals surface area contributed by atoms with Gasteiger partial charge in [0, 0.05) is 12.3 Å². The number of aromatic hydroxyl groups is 1. The van der Waals surface area contributed by atoms with E-state index >= 15 is 0 Å². The van der Waals surface area contributed by atoms with Gasteiger partial charge in [-0.05, 0) is 13.0 Å². The number of carbonyl (C=O) groups is 1. The van der Waals surface area contributed by atoms with Crippen LogP contribution in [0, 0.1) is 11.6 Å². The lowest BCUT2D eigenvalue weighted by molar-refractivity contribution is 0.0519. The molecule has 0 unspecified atom stereocenters. The maximum absolute atomic E-state index is 13.6. The van der Waals surface area contributed by atoms with E-state index in [9.17, 15) is 23.5 Å². The lowest BCUT2D eigenvalue weighted by atomic mass is 10.1. The molecule has 3 rings (SSSR count). The highest BCUT2D eigenvalue weighted by molar-refractivity contribution is 7.99. The zero-order valence-corrected chi connectivity index (χ0v) is 12.3. The van der Waals surface area contributed by atoms with Crippen LogP contribution in [0.15, 0.2) is 15.9 Å². The Balaban J connectivity index is 2.46. The number of benzene rings is 1. The van der Waals surface area contributed by atoms with Crippen molar-refractivity contribution in [1.29, 1.82) is 0 Å². The summed E-state index contributed by atoms with van der Waals surface area (Å²) in [6.07, 6.45) is 0. The SMILES string of the molecule is CCOC(=O)c1c2n(c3c(O)c(F)c(F)cc3c1=O)CCS2. The molecule has 5 nitrogen and oxygen atoms in total. The second-order valence-electron chi connectivity index (χ2n) is 4.65. The van der Waals surface area contributed by atoms with E-state index in [1.54, 1.807) is 6.92 Å². The number of phenolic OH excluding ortho intramolecular Hbond substituents is 1. The van der Waals surface area contributed by atoms with Crippen LogP contribution in [-0.4, -0.2) is 28.0 Å². The maximum Gasteiger partial charge on any atom is 0.344 e. The van der Waals surface area contributed by atoms with E-state index in [2.05, 4.69) is 0 Å². The molecule has 1 aliphatic rings. The summed E-state index contributed by atoms with van der Waals surface area (Å²) in [7, 11) is 0. The van der Waals surface area contributed by atoms with Crippen LogP contribution in [0.4, 0.5) is 8.78 Å². The minimum absolute atomic E-state index is 0.0868. The Hall–Kier alpha value is -2.09. The number of ether oxygens (including phenoxy) is 1. The van der Waals surface area contributed by atoms with Crippen molar-refractivity contribution in [1.82, 2.24) is 4.57 Å². The van der Waals surface area contributed by atoms with Crippen molar-refractivity contribution in [3.8, 4) is 5.75 Å². The Bertz CT molecular complexity index is 863. The Morgan fingerprint density at radius 2 is 2.23 bits per heavy atom. The zero-order chi connectivity index (χ0) is 16.0. The molecule has 0 atom stereocenters. The lowest BCUT2D eigenvalue weighted by Gasteiger charge is -2.14. The highest BCUT2D eigenvalue weighted by Crippen LogP contribution is 2.36. The van der Waals surface area contributed by atoms with Crippen LogP contribution >= 0.6 is 11.8 Å². The summed E-state index contributed by atoms with van der Waals surface area (Å²) >= 11 is 1.23. The number of fused-ring (bicyclic) bond motifs is 3. The van der Waals surface area contributed by atoms with Crippen molar-refractivity contribution < 1.29 is 23.4 Å². The van der Waals surface area contributed by atoms with E-state index in [0.717, 1.165) is 0 Å². The van der Waals surface area contributed by atoms with Gasteiger partial charge in [-0.25, -0.2) is 9.18 Å². The van der Waals surface area contributed by atoms with Crippen molar-refractivity contribution in [2.24, 2.45) is 0 Å². The average molecular weight is 327 g/mol. The van der Waals surface area contributed by atoms with Crippen LogP contribution in [0.25, 0.3) is 10.9 Å². The second kappa shape index (κ2) is 5.28. The number of hydrogen-bond acceptors (Lipinski definition) is 5. The molecule has 1 N–H and O–H groups in total. The van der Waals surface area contributed by atoms with Crippen molar-refractivity contribution in [2.45, 2.75) is 18.5 Å². The number of hydrogen-bond donors (Lipinski definition) is 1. The van der Waals surface area contributed by atoms with Gasteiger partial charge >= 0.3 is 5.97 Å². The molecule has 1 aliphatic heterocycles. The van der Waals surface area contributed by atoms with Gasteiger partial charge < -0.3 is 14.4 Å². The first-order chi connectivity index (χ1) is 10.5. The number of halogens is 2. The van der Waals surface area contributed by atoms with Gasteiger partial charge in [-0.15, -0.1) is 11.8 Å². The highest BCUT2D eigenvalue weighted by atomic mass is 32.2. The zero-order valence-electron chi connectivity index (χ0n) is 11.5. The van der Waals surface area contributed by atoms with E-state index in [-0.39, 0.29) is 23.1 Å². The number of nitrogens with zero attached hydrogens (tertiary/aromatic N) is 1. The molecule has 0 saturated carbocycles. The molecular weight excluding hydrogens is 316 g/mol. The summed E-state index contributed by atoms with van der Waals surface area (Å²) in [6.45, 7) is 2.05. The number of aromatic nitrogens is 1. The van der Waals surface area contributed by atoms with E-state index in [1.807, 2.05) is 0 Å². The molecule has 2 heterocycles. The molecule has 8 heteroatoms. The molecule has 0 saturated heterocycles. The van der Waals surface area contributed by atoms with Gasteiger partial charge in [0.2, 0.25) is 11.2 Å². The van der Waals surface area contributed by atoms with Crippen LogP contribution in [0.3, 0.4) is 0 Å². The molecule has 1 aromatic carbocycles. The third-order valence-electron chi connectivity index (χ3n) is 3.40. The van der Waals surface area contributed by atoms with Crippen molar-refractivity contribution in [3.05, 3.63) is 33.5 Å². The number of rotatable bonds is 2. The molecule has 0 bridgehead atoms. The summed E-state index contributed by atoms with van der Waals surface area (Å²) in [5, 5.41) is 9.92. The number of aryl methyl sites for hydroxylation is 1. The van der Waals surface area contributed by atoms with Crippen molar-refractivity contribution >= 4 is 28.6 Å². The quantitative estimate of drug-likeness (QED) is 0.857. The van der Waals surface area contributed by atoms with Crippen LogP contribution in [0.1, 0.15) is 17.3 Å². The molecule has 0 fully saturated rings. The van der Waals surface area contributed by atoms with Crippen molar-refractivity contribution in [2.75, 3.05) is 12.4 Å². The monoisotopic (exact) mass is 327 g/mol. The maximum atomic E-state index is 13.6. The first-order valence-electron chi connectivity index (χ1n) is 6.54. The summed E-state index contributed by atoms with van der Waals surface area (Å²) in [5.74, 6) is -3.95. The number of esters is 1. The largest absolute Gasteiger partial charge is 0.503 e. The summed E-state index contributed by atoms with van der Waals surface area (Å²) in [4.78, 5) is 24.5. The predicted octanol–water partition coefficient (Wildman–Crippen LogP) is 2.27. The number of phenols is 1. The smallest absolute Gasteiger partial charge is 0.344 e. The van der Waals surface area contributed by atoms with Crippen LogP contribution < -0.4 is 5.43 Å². The molecular formula is C14H11F2NO4S. The second-order valence-corrected chi connectivity index (χ2v) is 5.73. The standard InChI is InChI=1S/C14H11F2NO4S/c1-2-21-14(20)8-11(18)6-5-7(15)9(16)12(19)10(6)17-3-4-22-13(8)17/h5,19H,2-4H2,1H3. The fraction of sp³-hybridized carbons (Fsp3) is 0.286. The minimum atomic E-state index is -1.41. The molecule has 0 amide bonds. The average Bonchev–Trinajstić information content (AvgIpc) is 2.94. The topological polar surface area (TPSA) is 68.5 Å². The van der Waals surface area contributed by atoms with Gasteiger partial charge in [0.15, 0.2) is 11.6 Å². The Kier molecular flexibility index (Phi) is 3.56. The lowest BCUT2D eigenvalue weighted by Crippen LogP contribution is -2.22. The third-order valence-corrected chi connectivity index (χ3v) is 4.49. The van der Waals surface area contributed by atoms with Gasteiger partial charge in [-0.3, -0.25) is 4.79 Å². The van der Waals surface area contributed by atoms with E-state index in [1.165, 1.54) is 16.3 Å².